The van der Waals surface area contributed by atoms with Crippen molar-refractivity contribution in [3.63, 3.8) is 0 Å². The lowest BCUT2D eigenvalue weighted by Crippen LogP contribution is -2.35. The molecule has 2 unspecified atom stereocenters. The number of rotatable bonds is 7. The van der Waals surface area contributed by atoms with Gasteiger partial charge in [0.05, 0.1) is 11.8 Å². The molecule has 1 aromatic heterocycles. The number of amides is 1. The second-order valence-corrected chi connectivity index (χ2v) is 6.50. The van der Waals surface area contributed by atoms with E-state index in [1.165, 1.54) is 16.8 Å². The fraction of sp³-hybridized carbons (Fsp3) is 0.500. The van der Waals surface area contributed by atoms with Gasteiger partial charge in [-0.1, -0.05) is 40.2 Å². The number of aromatic nitrogens is 3. The minimum Gasteiger partial charge on any atom is -0.391 e. The Labute approximate surface area is 147 Å². The molecule has 0 spiro atoms. The van der Waals surface area contributed by atoms with Crippen molar-refractivity contribution in [2.75, 3.05) is 6.54 Å². The van der Waals surface area contributed by atoms with E-state index in [1.54, 1.807) is 12.1 Å². The van der Waals surface area contributed by atoms with Crippen LogP contribution in [-0.2, 0) is 0 Å². The third kappa shape index (κ3) is 4.63. The van der Waals surface area contributed by atoms with Crippen LogP contribution in [0.2, 0.25) is 0 Å². The molecule has 1 aromatic carbocycles. The van der Waals surface area contributed by atoms with E-state index in [0.717, 1.165) is 6.42 Å². The van der Waals surface area contributed by atoms with Crippen molar-refractivity contribution in [1.29, 1.82) is 0 Å². The number of aliphatic hydroxyl groups excluding tert-OH is 1. The van der Waals surface area contributed by atoms with Gasteiger partial charge in [-0.2, -0.15) is 0 Å². The predicted octanol–water partition coefficient (Wildman–Crippen LogP) is 2.67. The first-order valence-electron chi connectivity index (χ1n) is 8.52. The Hall–Kier alpha value is -2.28. The highest BCUT2D eigenvalue weighted by atomic mass is 19.1. The molecule has 1 amide bonds. The highest BCUT2D eigenvalue weighted by Crippen LogP contribution is 2.18. The molecule has 0 fully saturated rings. The summed E-state index contributed by atoms with van der Waals surface area (Å²) in [4.78, 5) is 16.6. The first-order chi connectivity index (χ1) is 11.8. The van der Waals surface area contributed by atoms with Crippen LogP contribution in [0.25, 0.3) is 5.69 Å². The molecule has 0 aliphatic rings. The fourth-order valence-corrected chi connectivity index (χ4v) is 2.34. The fourth-order valence-electron chi connectivity index (χ4n) is 2.34. The molecule has 2 aromatic rings. The Bertz CT molecular complexity index is 730. The van der Waals surface area contributed by atoms with Crippen molar-refractivity contribution in [2.45, 2.75) is 46.1 Å². The van der Waals surface area contributed by atoms with Gasteiger partial charge in [0.2, 0.25) is 5.82 Å². The maximum Gasteiger partial charge on any atom is 0.291 e. The zero-order valence-electron chi connectivity index (χ0n) is 15.0. The average molecular weight is 348 g/mol. The standard InChI is InChI=1S/C18H25FN4O2/c1-5-12(4)15(24)10-20-18(25)16-21-17(11(2)3)23(22-16)14-8-6-7-13(19)9-14/h6-9,11-12,15,24H,5,10H2,1-4H3,(H,20,25). The highest BCUT2D eigenvalue weighted by Gasteiger charge is 2.21. The molecule has 0 bridgehead atoms. The molecule has 136 valence electrons. The predicted molar refractivity (Wildman–Crippen MR) is 93.2 cm³/mol. The summed E-state index contributed by atoms with van der Waals surface area (Å²) in [5.41, 5.74) is 0.509. The Morgan fingerprint density at radius 1 is 1.36 bits per heavy atom. The monoisotopic (exact) mass is 348 g/mol. The summed E-state index contributed by atoms with van der Waals surface area (Å²) in [5.74, 6) is -0.181. The molecule has 0 aliphatic heterocycles. The minimum absolute atomic E-state index is 0.00280. The average Bonchev–Trinajstić information content (AvgIpc) is 3.04. The van der Waals surface area contributed by atoms with E-state index >= 15 is 0 Å². The smallest absolute Gasteiger partial charge is 0.291 e. The third-order valence-corrected chi connectivity index (χ3v) is 4.18. The second kappa shape index (κ2) is 8.20. The number of nitrogens with zero attached hydrogens (tertiary/aromatic N) is 3. The van der Waals surface area contributed by atoms with Crippen LogP contribution < -0.4 is 5.32 Å². The van der Waals surface area contributed by atoms with Crippen molar-refractivity contribution >= 4 is 5.91 Å². The normalized spacial score (nSPS) is 13.7. The molecule has 0 radical (unpaired) electrons. The van der Waals surface area contributed by atoms with E-state index < -0.39 is 12.0 Å². The quantitative estimate of drug-likeness (QED) is 0.806. The summed E-state index contributed by atoms with van der Waals surface area (Å²) in [6.07, 6.45) is 0.199. The van der Waals surface area contributed by atoms with Crippen LogP contribution in [0.15, 0.2) is 24.3 Å². The highest BCUT2D eigenvalue weighted by molar-refractivity contribution is 5.90. The van der Waals surface area contributed by atoms with E-state index in [1.807, 2.05) is 27.7 Å². The number of carbonyl (C=O) groups is 1. The molecule has 2 N–H and O–H groups in total. The van der Waals surface area contributed by atoms with Gasteiger partial charge in [-0.3, -0.25) is 4.79 Å². The molecule has 1 heterocycles. The number of carbonyl (C=O) groups excluding carboxylic acids is 1. The molecular formula is C18H25FN4O2. The number of nitrogens with one attached hydrogen (secondary N) is 1. The van der Waals surface area contributed by atoms with Gasteiger partial charge in [0.25, 0.3) is 5.91 Å². The van der Waals surface area contributed by atoms with Gasteiger partial charge in [0, 0.05) is 12.5 Å². The van der Waals surface area contributed by atoms with Crippen LogP contribution in [-0.4, -0.2) is 38.4 Å². The number of hydrogen-bond donors (Lipinski definition) is 2. The maximum absolute atomic E-state index is 13.5. The van der Waals surface area contributed by atoms with Gasteiger partial charge in [-0.15, -0.1) is 5.10 Å². The van der Waals surface area contributed by atoms with E-state index in [-0.39, 0.29) is 30.0 Å². The van der Waals surface area contributed by atoms with Crippen molar-refractivity contribution in [1.82, 2.24) is 20.1 Å². The summed E-state index contributed by atoms with van der Waals surface area (Å²) in [6, 6.07) is 5.98. The largest absolute Gasteiger partial charge is 0.391 e. The molecule has 25 heavy (non-hydrogen) atoms. The topological polar surface area (TPSA) is 80.0 Å². The molecular weight excluding hydrogens is 323 g/mol. The molecule has 2 rings (SSSR count). The molecule has 0 saturated carbocycles. The van der Waals surface area contributed by atoms with Crippen LogP contribution in [0.5, 0.6) is 0 Å². The lowest BCUT2D eigenvalue weighted by Gasteiger charge is -2.16. The number of aliphatic hydroxyl groups is 1. The summed E-state index contributed by atoms with van der Waals surface area (Å²) in [7, 11) is 0. The van der Waals surface area contributed by atoms with Crippen LogP contribution in [0.3, 0.4) is 0 Å². The molecule has 0 aliphatic carbocycles. The summed E-state index contributed by atoms with van der Waals surface area (Å²) >= 11 is 0. The zero-order chi connectivity index (χ0) is 18.6. The van der Waals surface area contributed by atoms with Gasteiger partial charge in [-0.25, -0.2) is 14.1 Å². The first-order valence-corrected chi connectivity index (χ1v) is 8.52. The third-order valence-electron chi connectivity index (χ3n) is 4.18. The Kier molecular flexibility index (Phi) is 6.25. The Balaban J connectivity index is 2.22. The molecule has 7 heteroatoms. The van der Waals surface area contributed by atoms with Crippen molar-refractivity contribution in [3.8, 4) is 5.69 Å². The maximum atomic E-state index is 13.5. The SMILES string of the molecule is CCC(C)C(O)CNC(=O)c1nc(C(C)C)n(-c2cccc(F)c2)n1. The first kappa shape index (κ1) is 19.1. The van der Waals surface area contributed by atoms with Crippen molar-refractivity contribution < 1.29 is 14.3 Å². The summed E-state index contributed by atoms with van der Waals surface area (Å²) in [5, 5.41) is 16.9. The second-order valence-electron chi connectivity index (χ2n) is 6.50. The zero-order valence-corrected chi connectivity index (χ0v) is 15.0. The van der Waals surface area contributed by atoms with E-state index in [4.69, 9.17) is 0 Å². The van der Waals surface area contributed by atoms with Crippen LogP contribution >= 0.6 is 0 Å². The van der Waals surface area contributed by atoms with Crippen LogP contribution in [0.1, 0.15) is 56.5 Å². The molecule has 6 nitrogen and oxygen atoms in total. The van der Waals surface area contributed by atoms with Crippen molar-refractivity contribution in [2.24, 2.45) is 5.92 Å². The van der Waals surface area contributed by atoms with Crippen molar-refractivity contribution in [3.05, 3.63) is 41.7 Å². The van der Waals surface area contributed by atoms with Gasteiger partial charge in [0.15, 0.2) is 0 Å². The van der Waals surface area contributed by atoms with Crippen LogP contribution in [0, 0.1) is 11.7 Å². The lowest BCUT2D eigenvalue weighted by molar-refractivity contribution is 0.0841. The summed E-state index contributed by atoms with van der Waals surface area (Å²) in [6.45, 7) is 7.89. The van der Waals surface area contributed by atoms with Gasteiger partial charge < -0.3 is 10.4 Å². The Morgan fingerprint density at radius 3 is 2.68 bits per heavy atom. The van der Waals surface area contributed by atoms with E-state index in [0.29, 0.717) is 11.5 Å². The Morgan fingerprint density at radius 2 is 2.08 bits per heavy atom. The molecule has 2 atom stereocenters. The number of benzene rings is 1. The van der Waals surface area contributed by atoms with E-state index in [9.17, 15) is 14.3 Å². The summed E-state index contributed by atoms with van der Waals surface area (Å²) < 4.78 is 15.0. The lowest BCUT2D eigenvalue weighted by atomic mass is 10.0. The van der Waals surface area contributed by atoms with Gasteiger partial charge >= 0.3 is 0 Å². The number of hydrogen-bond acceptors (Lipinski definition) is 4. The van der Waals surface area contributed by atoms with Crippen LogP contribution in [0.4, 0.5) is 4.39 Å². The molecule has 0 saturated heterocycles. The van der Waals surface area contributed by atoms with E-state index in [2.05, 4.69) is 15.4 Å². The van der Waals surface area contributed by atoms with Gasteiger partial charge in [0.1, 0.15) is 11.6 Å². The van der Waals surface area contributed by atoms with Gasteiger partial charge in [-0.05, 0) is 24.1 Å². The number of halogens is 1. The minimum atomic E-state index is -0.621.